The second-order valence-electron chi connectivity index (χ2n) is 12.2. The van der Waals surface area contributed by atoms with E-state index in [-0.39, 0.29) is 19.1 Å². The van der Waals surface area contributed by atoms with E-state index in [1.54, 1.807) is 6.08 Å². The Bertz CT molecular complexity index is 738. The second-order valence-corrected chi connectivity index (χ2v) is 13.6. The lowest BCUT2D eigenvalue weighted by Crippen LogP contribution is -2.45. The van der Waals surface area contributed by atoms with Gasteiger partial charge in [-0.25, -0.2) is 4.57 Å². The SMILES string of the molecule is CCCCCCCC/C=C/CC/C=C/[C@@H](O)[C@H](COP(=O)(O)OCC[N+](C)(C)C)NC(=O)CCCCCCCCC. The van der Waals surface area contributed by atoms with Crippen LogP contribution in [0.1, 0.15) is 123 Å². The number of phosphoric ester groups is 1. The molecule has 0 saturated carbocycles. The monoisotopic (exact) mass is 603 g/mol. The Kier molecular flexibility index (Phi) is 24.8. The number of aliphatic hydroxyl groups excluding tert-OH is 1. The van der Waals surface area contributed by atoms with Crippen LogP contribution in [-0.4, -0.2) is 73.4 Å². The second kappa shape index (κ2) is 25.5. The standard InChI is InChI=1S/C32H63N2O6P/c1-6-8-10-12-14-15-16-17-18-20-21-23-25-31(35)30(29-40-41(37,38)39-28-27-34(3,4)5)33-32(36)26-24-22-19-13-11-9-7-2/h17-18,23,25,30-31,35H,6-16,19-22,24,26-29H2,1-5H3,(H-,33,36,37,38)/p+1/b18-17+,25-23+/t30-,31+/m0/s1. The van der Waals surface area contributed by atoms with Crippen molar-refractivity contribution in [2.24, 2.45) is 0 Å². The van der Waals surface area contributed by atoms with Crippen LogP contribution >= 0.6 is 7.82 Å². The highest BCUT2D eigenvalue weighted by molar-refractivity contribution is 7.47. The third-order valence-corrected chi connectivity index (χ3v) is 7.91. The first kappa shape index (κ1) is 40.0. The minimum atomic E-state index is -4.32. The summed E-state index contributed by atoms with van der Waals surface area (Å²) in [6.07, 6.45) is 25.4. The molecule has 0 fully saturated rings. The lowest BCUT2D eigenvalue weighted by Gasteiger charge is -2.25. The Balaban J connectivity index is 4.71. The number of aliphatic hydroxyl groups is 1. The van der Waals surface area contributed by atoms with E-state index in [1.807, 2.05) is 27.2 Å². The van der Waals surface area contributed by atoms with Crippen molar-refractivity contribution in [3.05, 3.63) is 24.3 Å². The molecule has 3 atom stereocenters. The van der Waals surface area contributed by atoms with Gasteiger partial charge in [0.1, 0.15) is 13.2 Å². The lowest BCUT2D eigenvalue weighted by molar-refractivity contribution is -0.870. The van der Waals surface area contributed by atoms with Crippen LogP contribution in [0.4, 0.5) is 0 Å². The molecule has 0 aromatic carbocycles. The number of allylic oxidation sites excluding steroid dienone is 3. The van der Waals surface area contributed by atoms with Crippen molar-refractivity contribution in [1.29, 1.82) is 0 Å². The first-order chi connectivity index (χ1) is 19.5. The van der Waals surface area contributed by atoms with E-state index in [9.17, 15) is 19.4 Å². The first-order valence-corrected chi connectivity index (χ1v) is 17.7. The molecule has 242 valence electrons. The van der Waals surface area contributed by atoms with E-state index < -0.39 is 20.0 Å². The Hall–Kier alpha value is -1.02. The van der Waals surface area contributed by atoms with Crippen molar-refractivity contribution in [2.45, 2.75) is 135 Å². The molecule has 1 unspecified atom stereocenters. The molecule has 0 radical (unpaired) electrons. The Morgan fingerprint density at radius 1 is 0.805 bits per heavy atom. The van der Waals surface area contributed by atoms with Gasteiger partial charge in [0.15, 0.2) is 0 Å². The highest BCUT2D eigenvalue weighted by atomic mass is 31.2. The van der Waals surface area contributed by atoms with Gasteiger partial charge in [-0.1, -0.05) is 109 Å². The number of rotatable bonds is 28. The number of carbonyl (C=O) groups excluding carboxylic acids is 1. The minimum absolute atomic E-state index is 0.0569. The predicted octanol–water partition coefficient (Wildman–Crippen LogP) is 7.46. The summed E-state index contributed by atoms with van der Waals surface area (Å²) < 4.78 is 23.2. The summed E-state index contributed by atoms with van der Waals surface area (Å²) in [4.78, 5) is 22.7. The predicted molar refractivity (Wildman–Crippen MR) is 171 cm³/mol. The third kappa shape index (κ3) is 27.6. The number of nitrogens with one attached hydrogen (secondary N) is 1. The Morgan fingerprint density at radius 3 is 1.95 bits per heavy atom. The Labute approximate surface area is 252 Å². The van der Waals surface area contributed by atoms with Gasteiger partial charge in [0.2, 0.25) is 5.91 Å². The van der Waals surface area contributed by atoms with E-state index in [0.29, 0.717) is 17.4 Å². The van der Waals surface area contributed by atoms with E-state index in [1.165, 1.54) is 64.2 Å². The number of likely N-dealkylation sites (N-methyl/N-ethyl adjacent to an activating group) is 1. The maximum absolute atomic E-state index is 12.6. The molecule has 0 aliphatic heterocycles. The average molecular weight is 604 g/mol. The number of carbonyl (C=O) groups is 1. The molecule has 0 aromatic rings. The van der Waals surface area contributed by atoms with Gasteiger partial charge in [-0.3, -0.25) is 13.8 Å². The van der Waals surface area contributed by atoms with Gasteiger partial charge in [-0.05, 0) is 32.1 Å². The molecule has 0 heterocycles. The van der Waals surface area contributed by atoms with Crippen LogP contribution in [0.3, 0.4) is 0 Å². The average Bonchev–Trinajstić information content (AvgIpc) is 2.90. The lowest BCUT2D eigenvalue weighted by atomic mass is 10.1. The molecular formula is C32H64N2O6P+. The van der Waals surface area contributed by atoms with Crippen LogP contribution in [0.2, 0.25) is 0 Å². The van der Waals surface area contributed by atoms with Gasteiger partial charge in [-0.15, -0.1) is 0 Å². The van der Waals surface area contributed by atoms with Crippen LogP contribution in [0, 0.1) is 0 Å². The number of amides is 1. The molecule has 0 aromatic heterocycles. The molecule has 0 saturated heterocycles. The fourth-order valence-electron chi connectivity index (χ4n) is 4.23. The van der Waals surface area contributed by atoms with Crippen LogP contribution in [0.25, 0.3) is 0 Å². The van der Waals surface area contributed by atoms with Crippen molar-refractivity contribution < 1.29 is 32.9 Å². The van der Waals surface area contributed by atoms with E-state index in [4.69, 9.17) is 9.05 Å². The molecule has 41 heavy (non-hydrogen) atoms. The minimum Gasteiger partial charge on any atom is -0.387 e. The van der Waals surface area contributed by atoms with Crippen molar-refractivity contribution in [2.75, 3.05) is 40.9 Å². The number of quaternary nitrogens is 1. The van der Waals surface area contributed by atoms with Crippen molar-refractivity contribution >= 4 is 13.7 Å². The summed E-state index contributed by atoms with van der Waals surface area (Å²) in [6.45, 7) is 4.68. The van der Waals surface area contributed by atoms with E-state index in [0.717, 1.165) is 38.5 Å². The van der Waals surface area contributed by atoms with Crippen molar-refractivity contribution in [3.8, 4) is 0 Å². The van der Waals surface area contributed by atoms with Crippen molar-refractivity contribution in [1.82, 2.24) is 5.32 Å². The summed E-state index contributed by atoms with van der Waals surface area (Å²) in [5, 5.41) is 13.6. The quantitative estimate of drug-likeness (QED) is 0.0371. The van der Waals surface area contributed by atoms with Gasteiger partial charge in [0, 0.05) is 6.42 Å². The van der Waals surface area contributed by atoms with Crippen LogP contribution in [-0.2, 0) is 18.4 Å². The van der Waals surface area contributed by atoms with Gasteiger partial charge >= 0.3 is 7.82 Å². The van der Waals surface area contributed by atoms with Gasteiger partial charge in [0.05, 0.1) is 39.9 Å². The van der Waals surface area contributed by atoms with E-state index >= 15 is 0 Å². The summed E-state index contributed by atoms with van der Waals surface area (Å²) in [5.41, 5.74) is 0. The summed E-state index contributed by atoms with van der Waals surface area (Å²) in [7, 11) is 1.55. The fourth-order valence-corrected chi connectivity index (χ4v) is 4.97. The third-order valence-electron chi connectivity index (χ3n) is 6.92. The molecule has 0 rings (SSSR count). The number of unbranched alkanes of at least 4 members (excludes halogenated alkanes) is 13. The maximum Gasteiger partial charge on any atom is 0.472 e. The highest BCUT2D eigenvalue weighted by Gasteiger charge is 2.27. The largest absolute Gasteiger partial charge is 0.472 e. The molecule has 3 N–H and O–H groups in total. The fraction of sp³-hybridized carbons (Fsp3) is 0.844. The summed E-state index contributed by atoms with van der Waals surface area (Å²) in [5.74, 6) is -0.198. The zero-order chi connectivity index (χ0) is 30.8. The zero-order valence-electron chi connectivity index (χ0n) is 27.0. The number of hydrogen-bond acceptors (Lipinski definition) is 5. The zero-order valence-corrected chi connectivity index (χ0v) is 27.9. The van der Waals surface area contributed by atoms with Gasteiger partial charge < -0.3 is 19.8 Å². The Morgan fingerprint density at radius 2 is 1.34 bits per heavy atom. The smallest absolute Gasteiger partial charge is 0.387 e. The molecule has 8 nitrogen and oxygen atoms in total. The molecule has 0 aliphatic carbocycles. The molecule has 0 spiro atoms. The first-order valence-electron chi connectivity index (χ1n) is 16.2. The molecule has 0 bridgehead atoms. The summed E-state index contributed by atoms with van der Waals surface area (Å²) >= 11 is 0. The molecular weight excluding hydrogens is 539 g/mol. The number of phosphoric acid groups is 1. The maximum atomic E-state index is 12.6. The molecule has 9 heteroatoms. The molecule has 1 amide bonds. The summed E-state index contributed by atoms with van der Waals surface area (Å²) in [6, 6.07) is -0.853. The van der Waals surface area contributed by atoms with E-state index in [2.05, 4.69) is 31.3 Å². The topological polar surface area (TPSA) is 105 Å². The van der Waals surface area contributed by atoms with Gasteiger partial charge in [0.25, 0.3) is 0 Å². The normalized spacial score (nSPS) is 15.4. The number of nitrogens with zero attached hydrogens (tertiary/aromatic N) is 1. The van der Waals surface area contributed by atoms with Gasteiger partial charge in [-0.2, -0.15) is 0 Å². The van der Waals surface area contributed by atoms with Crippen LogP contribution < -0.4 is 5.32 Å². The van der Waals surface area contributed by atoms with Crippen molar-refractivity contribution in [3.63, 3.8) is 0 Å². The van der Waals surface area contributed by atoms with Crippen LogP contribution in [0.15, 0.2) is 24.3 Å². The highest BCUT2D eigenvalue weighted by Crippen LogP contribution is 2.43. The molecule has 0 aliphatic rings. The number of hydrogen-bond donors (Lipinski definition) is 3. The van der Waals surface area contributed by atoms with Crippen LogP contribution in [0.5, 0.6) is 0 Å².